The number of thioether (sulfide) groups is 1. The summed E-state index contributed by atoms with van der Waals surface area (Å²) in [4.78, 5) is 11.0. The molecule has 8 heteroatoms. The molecule has 1 aliphatic carbocycles. The Morgan fingerprint density at radius 1 is 1.24 bits per heavy atom. The molecule has 1 aromatic rings. The molecule has 0 spiro atoms. The summed E-state index contributed by atoms with van der Waals surface area (Å²) in [7, 11) is -3.05. The Morgan fingerprint density at radius 3 is 2.48 bits per heavy atom. The lowest BCUT2D eigenvalue weighted by atomic mass is 10.3. The van der Waals surface area contributed by atoms with E-state index in [-0.39, 0.29) is 5.25 Å². The van der Waals surface area contributed by atoms with Gasteiger partial charge in [-0.15, -0.1) is 0 Å². The molecule has 0 N–H and O–H groups in total. The lowest BCUT2D eigenvalue weighted by molar-refractivity contribution is 0.382. The van der Waals surface area contributed by atoms with Gasteiger partial charge in [-0.1, -0.05) is 11.8 Å². The molecule has 2 fully saturated rings. The van der Waals surface area contributed by atoms with E-state index in [1.54, 1.807) is 4.31 Å². The van der Waals surface area contributed by atoms with Crippen molar-refractivity contribution in [1.82, 2.24) is 14.3 Å². The average molecular weight is 328 g/mol. The van der Waals surface area contributed by atoms with Gasteiger partial charge in [0.05, 0.1) is 5.25 Å². The molecule has 21 heavy (non-hydrogen) atoms. The molecule has 116 valence electrons. The van der Waals surface area contributed by atoms with E-state index in [0.717, 1.165) is 29.4 Å². The summed E-state index contributed by atoms with van der Waals surface area (Å²) < 4.78 is 26.1. The van der Waals surface area contributed by atoms with Gasteiger partial charge in [-0.2, -0.15) is 4.31 Å². The van der Waals surface area contributed by atoms with Crippen LogP contribution in [0.4, 0.5) is 5.82 Å². The largest absolute Gasteiger partial charge is 0.354 e. The molecular formula is C13H20N4O2S2. The van der Waals surface area contributed by atoms with E-state index in [1.165, 1.54) is 11.8 Å². The maximum absolute atomic E-state index is 12.2. The highest BCUT2D eigenvalue weighted by molar-refractivity contribution is 7.98. The van der Waals surface area contributed by atoms with Gasteiger partial charge >= 0.3 is 0 Å². The van der Waals surface area contributed by atoms with Gasteiger partial charge in [-0.3, -0.25) is 0 Å². The van der Waals surface area contributed by atoms with E-state index >= 15 is 0 Å². The van der Waals surface area contributed by atoms with Crippen LogP contribution in [0.15, 0.2) is 11.4 Å². The molecule has 1 aromatic heterocycles. The zero-order valence-corrected chi connectivity index (χ0v) is 14.0. The Kier molecular flexibility index (Phi) is 4.11. The third-order valence-electron chi connectivity index (χ3n) is 3.95. The summed E-state index contributed by atoms with van der Waals surface area (Å²) in [5.74, 6) is 0.929. The van der Waals surface area contributed by atoms with Crippen LogP contribution >= 0.6 is 11.8 Å². The second-order valence-corrected chi connectivity index (χ2v) is 8.48. The summed E-state index contributed by atoms with van der Waals surface area (Å²) in [6.07, 6.45) is 5.44. The summed E-state index contributed by atoms with van der Waals surface area (Å²) in [6, 6.07) is 0. The fourth-order valence-corrected chi connectivity index (χ4v) is 4.73. The SMILES string of the molecule is CSc1ncc(C)c(N2CCN(S(=O)(=O)C3CC3)CC2)n1. The van der Waals surface area contributed by atoms with Crippen LogP contribution in [-0.2, 0) is 10.0 Å². The number of nitrogens with zero attached hydrogens (tertiary/aromatic N) is 4. The lowest BCUT2D eigenvalue weighted by Crippen LogP contribution is -2.50. The Bertz CT molecular complexity index is 623. The number of aromatic nitrogens is 2. The number of anilines is 1. The molecule has 2 aliphatic rings. The van der Waals surface area contributed by atoms with E-state index in [1.807, 2.05) is 19.4 Å². The standard InChI is InChI=1S/C13H20N4O2S2/c1-10-9-14-13(20-2)15-12(10)16-5-7-17(8-6-16)21(18,19)11-3-4-11/h9,11H,3-8H2,1-2H3. The first-order valence-electron chi connectivity index (χ1n) is 7.14. The van der Waals surface area contributed by atoms with Crippen LogP contribution < -0.4 is 4.90 Å². The van der Waals surface area contributed by atoms with Crippen molar-refractivity contribution in [2.45, 2.75) is 30.2 Å². The van der Waals surface area contributed by atoms with Gasteiger partial charge in [0.15, 0.2) is 5.16 Å². The third kappa shape index (κ3) is 3.02. The molecule has 0 aromatic carbocycles. The third-order valence-corrected chi connectivity index (χ3v) is 6.91. The van der Waals surface area contributed by atoms with Crippen molar-refractivity contribution >= 4 is 27.6 Å². The van der Waals surface area contributed by atoms with Gasteiger partial charge in [-0.05, 0) is 26.0 Å². The Balaban J connectivity index is 1.71. The topological polar surface area (TPSA) is 66.4 Å². The van der Waals surface area contributed by atoms with Crippen molar-refractivity contribution < 1.29 is 8.42 Å². The van der Waals surface area contributed by atoms with Gasteiger partial charge < -0.3 is 4.90 Å². The number of aryl methyl sites for hydroxylation is 1. The molecule has 0 bridgehead atoms. The summed E-state index contributed by atoms with van der Waals surface area (Å²) in [6.45, 7) is 4.48. The fraction of sp³-hybridized carbons (Fsp3) is 0.692. The van der Waals surface area contributed by atoms with Crippen LogP contribution in [0.2, 0.25) is 0 Å². The smallest absolute Gasteiger partial charge is 0.217 e. The first kappa shape index (κ1) is 15.1. The van der Waals surface area contributed by atoms with Crippen LogP contribution in [0.1, 0.15) is 18.4 Å². The van der Waals surface area contributed by atoms with E-state index < -0.39 is 10.0 Å². The van der Waals surface area contributed by atoms with Crippen molar-refractivity contribution in [2.75, 3.05) is 37.3 Å². The number of hydrogen-bond acceptors (Lipinski definition) is 6. The number of sulfonamides is 1. The zero-order valence-electron chi connectivity index (χ0n) is 12.3. The van der Waals surface area contributed by atoms with Crippen LogP contribution in [0.3, 0.4) is 0 Å². The molecule has 1 saturated heterocycles. The first-order chi connectivity index (χ1) is 10.0. The lowest BCUT2D eigenvalue weighted by Gasteiger charge is -2.35. The normalized spacial score (nSPS) is 20.8. The molecular weight excluding hydrogens is 308 g/mol. The molecule has 2 heterocycles. The summed E-state index contributed by atoms with van der Waals surface area (Å²) in [5, 5.41) is 0.636. The van der Waals surface area contributed by atoms with Crippen molar-refractivity contribution in [3.8, 4) is 0 Å². The molecule has 0 radical (unpaired) electrons. The highest BCUT2D eigenvalue weighted by Gasteiger charge is 2.41. The minimum Gasteiger partial charge on any atom is -0.354 e. The van der Waals surface area contributed by atoms with Gasteiger partial charge in [0.1, 0.15) is 5.82 Å². The second kappa shape index (κ2) is 5.73. The van der Waals surface area contributed by atoms with Crippen LogP contribution in [0.25, 0.3) is 0 Å². The molecule has 3 rings (SSSR count). The van der Waals surface area contributed by atoms with E-state index in [9.17, 15) is 8.42 Å². The minimum absolute atomic E-state index is 0.118. The van der Waals surface area contributed by atoms with Crippen molar-refractivity contribution in [3.05, 3.63) is 11.8 Å². The molecule has 0 unspecified atom stereocenters. The maximum Gasteiger partial charge on any atom is 0.217 e. The predicted molar refractivity (Wildman–Crippen MR) is 84.3 cm³/mol. The van der Waals surface area contributed by atoms with E-state index in [0.29, 0.717) is 26.2 Å². The number of hydrogen-bond donors (Lipinski definition) is 0. The van der Waals surface area contributed by atoms with Crippen LogP contribution in [-0.4, -0.2) is 60.4 Å². The van der Waals surface area contributed by atoms with Gasteiger partial charge in [0, 0.05) is 37.9 Å². The van der Waals surface area contributed by atoms with Crippen molar-refractivity contribution in [2.24, 2.45) is 0 Å². The Hall–Kier alpha value is -0.860. The molecule has 0 atom stereocenters. The minimum atomic E-state index is -3.05. The molecule has 1 aliphatic heterocycles. The van der Waals surface area contributed by atoms with E-state index in [2.05, 4.69) is 14.9 Å². The van der Waals surface area contributed by atoms with Crippen molar-refractivity contribution in [3.63, 3.8) is 0 Å². The van der Waals surface area contributed by atoms with Gasteiger partial charge in [-0.25, -0.2) is 18.4 Å². The summed E-state index contributed by atoms with van der Waals surface area (Å²) in [5.41, 5.74) is 1.03. The van der Waals surface area contributed by atoms with E-state index in [4.69, 9.17) is 0 Å². The number of rotatable bonds is 4. The van der Waals surface area contributed by atoms with Gasteiger partial charge in [0.2, 0.25) is 10.0 Å². The van der Waals surface area contributed by atoms with Crippen molar-refractivity contribution in [1.29, 1.82) is 0 Å². The predicted octanol–water partition coefficient (Wildman–Crippen LogP) is 1.12. The number of piperazine rings is 1. The zero-order chi connectivity index (χ0) is 15.0. The summed E-state index contributed by atoms with van der Waals surface area (Å²) >= 11 is 1.52. The fourth-order valence-electron chi connectivity index (χ4n) is 2.57. The highest BCUT2D eigenvalue weighted by atomic mass is 32.2. The first-order valence-corrected chi connectivity index (χ1v) is 9.86. The Labute approximate surface area is 130 Å². The van der Waals surface area contributed by atoms with Crippen LogP contribution in [0, 0.1) is 6.92 Å². The monoisotopic (exact) mass is 328 g/mol. The Morgan fingerprint density at radius 2 is 1.90 bits per heavy atom. The molecule has 1 saturated carbocycles. The second-order valence-electron chi connectivity index (χ2n) is 5.49. The highest BCUT2D eigenvalue weighted by Crippen LogP contribution is 2.32. The quantitative estimate of drug-likeness (QED) is 0.609. The molecule has 6 nitrogen and oxygen atoms in total. The van der Waals surface area contributed by atoms with Gasteiger partial charge in [0.25, 0.3) is 0 Å². The van der Waals surface area contributed by atoms with Crippen LogP contribution in [0.5, 0.6) is 0 Å². The average Bonchev–Trinajstić information content (AvgIpc) is 3.33. The molecule has 0 amide bonds. The maximum atomic E-state index is 12.2.